The first kappa shape index (κ1) is 11.9. The molecule has 0 aliphatic heterocycles. The Hall–Kier alpha value is -1.61. The first-order chi connectivity index (χ1) is 8.22. The molecule has 0 aliphatic rings. The van der Waals surface area contributed by atoms with Gasteiger partial charge in [0.1, 0.15) is 0 Å². The molecule has 3 nitrogen and oxygen atoms in total. The van der Waals surface area contributed by atoms with Crippen LogP contribution in [0.1, 0.15) is 31.0 Å². The number of nitrogens with zero attached hydrogens (tertiary/aromatic N) is 1. The highest BCUT2D eigenvalue weighted by Gasteiger charge is 2.10. The van der Waals surface area contributed by atoms with Crippen LogP contribution in [0.25, 0.3) is 11.3 Å². The summed E-state index contributed by atoms with van der Waals surface area (Å²) < 4.78 is 0. The van der Waals surface area contributed by atoms with Gasteiger partial charge in [-0.3, -0.25) is 0 Å². The van der Waals surface area contributed by atoms with E-state index in [4.69, 9.17) is 5.73 Å². The molecule has 0 bridgehead atoms. The Morgan fingerprint density at radius 1 is 1.24 bits per heavy atom. The molecule has 1 aromatic heterocycles. The molecular formula is C14H19N3. The summed E-state index contributed by atoms with van der Waals surface area (Å²) in [6, 6.07) is 8.49. The van der Waals surface area contributed by atoms with E-state index in [1.807, 2.05) is 0 Å². The molecule has 2 aromatic rings. The minimum Gasteiger partial charge on any atom is -0.348 e. The van der Waals surface area contributed by atoms with Gasteiger partial charge in [0, 0.05) is 11.3 Å². The van der Waals surface area contributed by atoms with Crippen LogP contribution in [-0.4, -0.2) is 16.5 Å². The van der Waals surface area contributed by atoms with Crippen molar-refractivity contribution in [2.24, 2.45) is 5.73 Å². The zero-order valence-electron chi connectivity index (χ0n) is 10.4. The smallest absolute Gasteiger partial charge is 0.0929 e. The van der Waals surface area contributed by atoms with Crippen molar-refractivity contribution < 1.29 is 0 Å². The van der Waals surface area contributed by atoms with Gasteiger partial charge >= 0.3 is 0 Å². The van der Waals surface area contributed by atoms with E-state index in [0.717, 1.165) is 17.7 Å². The Balaban J connectivity index is 2.30. The number of aromatic nitrogens is 2. The van der Waals surface area contributed by atoms with Crippen molar-refractivity contribution >= 4 is 0 Å². The normalized spacial score (nSPS) is 11.1. The lowest BCUT2D eigenvalue weighted by molar-refractivity contribution is 0.835. The molecule has 0 aliphatic carbocycles. The van der Waals surface area contributed by atoms with E-state index in [1.165, 1.54) is 11.3 Å². The molecule has 0 saturated carbocycles. The van der Waals surface area contributed by atoms with E-state index in [2.05, 4.69) is 48.1 Å². The average Bonchev–Trinajstić information content (AvgIpc) is 2.79. The second-order valence-electron chi connectivity index (χ2n) is 4.56. The van der Waals surface area contributed by atoms with Crippen LogP contribution in [0, 0.1) is 0 Å². The van der Waals surface area contributed by atoms with Crippen molar-refractivity contribution in [1.29, 1.82) is 0 Å². The van der Waals surface area contributed by atoms with Crippen LogP contribution in [0.15, 0.2) is 30.6 Å². The summed E-state index contributed by atoms with van der Waals surface area (Å²) in [5, 5.41) is 0. The molecule has 0 atom stereocenters. The predicted octanol–water partition coefficient (Wildman–Crippen LogP) is 2.70. The molecule has 0 amide bonds. The van der Waals surface area contributed by atoms with E-state index in [-0.39, 0.29) is 0 Å². The minimum absolute atomic E-state index is 0.455. The van der Waals surface area contributed by atoms with Crippen LogP contribution in [-0.2, 0) is 6.42 Å². The number of nitrogens with two attached hydrogens (primary N) is 1. The number of benzene rings is 1. The van der Waals surface area contributed by atoms with E-state index in [9.17, 15) is 0 Å². The molecule has 0 spiro atoms. The molecule has 3 heteroatoms. The van der Waals surface area contributed by atoms with E-state index >= 15 is 0 Å². The third kappa shape index (κ3) is 2.56. The monoisotopic (exact) mass is 229 g/mol. The Bertz CT molecular complexity index is 468. The Morgan fingerprint density at radius 3 is 2.53 bits per heavy atom. The quantitative estimate of drug-likeness (QED) is 0.847. The number of hydrogen-bond donors (Lipinski definition) is 2. The molecule has 1 aromatic carbocycles. The van der Waals surface area contributed by atoms with Crippen LogP contribution < -0.4 is 5.73 Å². The summed E-state index contributed by atoms with van der Waals surface area (Å²) in [6.07, 6.45) is 2.69. The molecule has 17 heavy (non-hydrogen) atoms. The number of H-pyrrole nitrogens is 1. The lowest BCUT2D eigenvalue weighted by atomic mass is 10.0. The molecule has 90 valence electrons. The summed E-state index contributed by atoms with van der Waals surface area (Å²) in [5.74, 6) is 0.455. The standard InChI is InChI=1S/C14H19N3/c1-10(2)13-14(17-9-16-13)12-5-3-11(4-6-12)7-8-15/h3-6,9-10H,7-8,15H2,1-2H3,(H,16,17). The Labute approximate surface area is 102 Å². The minimum atomic E-state index is 0.455. The maximum atomic E-state index is 5.54. The first-order valence-electron chi connectivity index (χ1n) is 6.05. The maximum absolute atomic E-state index is 5.54. The van der Waals surface area contributed by atoms with Crippen LogP contribution in [0.5, 0.6) is 0 Å². The SMILES string of the molecule is CC(C)c1[nH]cnc1-c1ccc(CCN)cc1. The van der Waals surface area contributed by atoms with Gasteiger partial charge in [-0.2, -0.15) is 0 Å². The lowest BCUT2D eigenvalue weighted by Crippen LogP contribution is -2.02. The van der Waals surface area contributed by atoms with Crippen LogP contribution >= 0.6 is 0 Å². The van der Waals surface area contributed by atoms with Gasteiger partial charge in [-0.1, -0.05) is 38.1 Å². The highest BCUT2D eigenvalue weighted by atomic mass is 14.9. The van der Waals surface area contributed by atoms with Crippen LogP contribution in [0.3, 0.4) is 0 Å². The molecule has 0 radical (unpaired) electrons. The van der Waals surface area contributed by atoms with Crippen molar-refractivity contribution in [3.05, 3.63) is 41.9 Å². The number of hydrogen-bond acceptors (Lipinski definition) is 2. The van der Waals surface area contributed by atoms with Gasteiger partial charge in [0.2, 0.25) is 0 Å². The Morgan fingerprint density at radius 2 is 1.94 bits per heavy atom. The summed E-state index contributed by atoms with van der Waals surface area (Å²) in [7, 11) is 0. The number of rotatable bonds is 4. The van der Waals surface area contributed by atoms with Gasteiger partial charge in [0.15, 0.2) is 0 Å². The summed E-state index contributed by atoms with van der Waals surface area (Å²) in [4.78, 5) is 7.62. The molecular weight excluding hydrogens is 210 g/mol. The topological polar surface area (TPSA) is 54.7 Å². The lowest BCUT2D eigenvalue weighted by Gasteiger charge is -2.06. The summed E-state index contributed by atoms with van der Waals surface area (Å²) >= 11 is 0. The zero-order chi connectivity index (χ0) is 12.3. The van der Waals surface area contributed by atoms with Gasteiger partial charge in [-0.05, 0) is 24.4 Å². The van der Waals surface area contributed by atoms with Gasteiger partial charge in [-0.15, -0.1) is 0 Å². The molecule has 0 saturated heterocycles. The van der Waals surface area contributed by atoms with Crippen LogP contribution in [0.2, 0.25) is 0 Å². The van der Waals surface area contributed by atoms with Crippen molar-refractivity contribution in [3.8, 4) is 11.3 Å². The second-order valence-corrected chi connectivity index (χ2v) is 4.56. The maximum Gasteiger partial charge on any atom is 0.0929 e. The Kier molecular flexibility index (Phi) is 3.59. The summed E-state index contributed by atoms with van der Waals surface area (Å²) in [6.45, 7) is 5.03. The van der Waals surface area contributed by atoms with Gasteiger partial charge in [0.25, 0.3) is 0 Å². The van der Waals surface area contributed by atoms with Crippen LogP contribution in [0.4, 0.5) is 0 Å². The fourth-order valence-electron chi connectivity index (χ4n) is 1.97. The number of imidazole rings is 1. The van der Waals surface area contributed by atoms with Crippen molar-refractivity contribution in [2.45, 2.75) is 26.2 Å². The third-order valence-electron chi connectivity index (χ3n) is 2.91. The molecule has 0 unspecified atom stereocenters. The highest BCUT2D eigenvalue weighted by Crippen LogP contribution is 2.25. The van der Waals surface area contributed by atoms with Crippen molar-refractivity contribution in [3.63, 3.8) is 0 Å². The average molecular weight is 229 g/mol. The molecule has 0 fully saturated rings. The van der Waals surface area contributed by atoms with Gasteiger partial charge < -0.3 is 10.7 Å². The van der Waals surface area contributed by atoms with Gasteiger partial charge in [0.05, 0.1) is 12.0 Å². The van der Waals surface area contributed by atoms with E-state index in [1.54, 1.807) is 6.33 Å². The fourth-order valence-corrected chi connectivity index (χ4v) is 1.97. The van der Waals surface area contributed by atoms with Crippen molar-refractivity contribution in [2.75, 3.05) is 6.54 Å². The third-order valence-corrected chi connectivity index (χ3v) is 2.91. The highest BCUT2D eigenvalue weighted by molar-refractivity contribution is 5.62. The van der Waals surface area contributed by atoms with E-state index < -0.39 is 0 Å². The first-order valence-corrected chi connectivity index (χ1v) is 6.05. The largest absolute Gasteiger partial charge is 0.348 e. The van der Waals surface area contributed by atoms with Gasteiger partial charge in [-0.25, -0.2) is 4.98 Å². The summed E-state index contributed by atoms with van der Waals surface area (Å²) in [5.41, 5.74) is 10.2. The zero-order valence-corrected chi connectivity index (χ0v) is 10.4. The second kappa shape index (κ2) is 5.15. The van der Waals surface area contributed by atoms with E-state index in [0.29, 0.717) is 12.5 Å². The number of aromatic amines is 1. The number of nitrogens with one attached hydrogen (secondary N) is 1. The predicted molar refractivity (Wildman–Crippen MR) is 70.9 cm³/mol. The molecule has 2 rings (SSSR count). The molecule has 3 N–H and O–H groups in total. The molecule has 1 heterocycles. The van der Waals surface area contributed by atoms with Crippen molar-refractivity contribution in [1.82, 2.24) is 9.97 Å². The fraction of sp³-hybridized carbons (Fsp3) is 0.357.